The van der Waals surface area contributed by atoms with Gasteiger partial charge >= 0.3 is 0 Å². The molecule has 2 aliphatic heterocycles. The van der Waals surface area contributed by atoms with Crippen molar-refractivity contribution in [3.63, 3.8) is 0 Å². The summed E-state index contributed by atoms with van der Waals surface area (Å²) in [5.41, 5.74) is 1.05. The lowest BCUT2D eigenvalue weighted by atomic mass is 9.60. The van der Waals surface area contributed by atoms with E-state index in [1.165, 1.54) is 0 Å². The fourth-order valence-corrected chi connectivity index (χ4v) is 6.31. The van der Waals surface area contributed by atoms with Gasteiger partial charge in [0.1, 0.15) is 0 Å². The first kappa shape index (κ1) is 20.7. The van der Waals surface area contributed by atoms with Crippen molar-refractivity contribution in [2.45, 2.75) is 70.4 Å². The fraction of sp³-hybridized carbons (Fsp3) is 0.652. The molecule has 6 heteroatoms. The Morgan fingerprint density at radius 2 is 1.97 bits per heavy atom. The number of carbonyl (C=O) groups excluding carboxylic acids is 2. The number of anilines is 1. The summed E-state index contributed by atoms with van der Waals surface area (Å²) in [4.78, 5) is 26.7. The molecule has 3 N–H and O–H groups in total. The van der Waals surface area contributed by atoms with Crippen molar-refractivity contribution in [3.8, 4) is 0 Å². The van der Waals surface area contributed by atoms with Gasteiger partial charge in [-0.1, -0.05) is 64.1 Å². The molecule has 0 aromatic heterocycles. The van der Waals surface area contributed by atoms with Crippen molar-refractivity contribution in [2.75, 3.05) is 12.4 Å². The third-order valence-corrected chi connectivity index (χ3v) is 7.35. The summed E-state index contributed by atoms with van der Waals surface area (Å²) in [6, 6.07) is 5.23. The summed E-state index contributed by atoms with van der Waals surface area (Å²) in [6.45, 7) is 6.57. The molecule has 158 valence electrons. The van der Waals surface area contributed by atoms with Crippen LogP contribution in [0.15, 0.2) is 18.2 Å². The highest BCUT2D eigenvalue weighted by Gasteiger charge is 2.66. The minimum atomic E-state index is -0.751. The van der Waals surface area contributed by atoms with Gasteiger partial charge in [0.05, 0.1) is 11.5 Å². The highest BCUT2D eigenvalue weighted by Crippen LogP contribution is 2.57. The van der Waals surface area contributed by atoms with E-state index in [2.05, 4.69) is 36.7 Å². The highest BCUT2D eigenvalue weighted by atomic mass is 35.5. The van der Waals surface area contributed by atoms with Gasteiger partial charge in [0.2, 0.25) is 11.8 Å². The predicted molar refractivity (Wildman–Crippen MR) is 116 cm³/mol. The molecule has 2 fully saturated rings. The minimum Gasteiger partial charge on any atom is -0.358 e. The lowest BCUT2D eigenvalue weighted by Gasteiger charge is -2.39. The van der Waals surface area contributed by atoms with Crippen LogP contribution in [0.25, 0.3) is 0 Å². The second kappa shape index (κ2) is 7.28. The zero-order valence-corrected chi connectivity index (χ0v) is 18.5. The Balaban J connectivity index is 1.92. The van der Waals surface area contributed by atoms with Crippen LogP contribution in [-0.2, 0) is 15.0 Å². The number of fused-ring (bicyclic) bond motifs is 2. The zero-order valence-electron chi connectivity index (χ0n) is 17.8. The molecule has 1 saturated carbocycles. The molecule has 1 aliphatic carbocycles. The van der Waals surface area contributed by atoms with Gasteiger partial charge in [0, 0.05) is 29.7 Å². The zero-order chi connectivity index (χ0) is 21.0. The average molecular weight is 418 g/mol. The van der Waals surface area contributed by atoms with E-state index in [-0.39, 0.29) is 35.2 Å². The third-order valence-electron chi connectivity index (χ3n) is 7.12. The Kier molecular flexibility index (Phi) is 5.19. The van der Waals surface area contributed by atoms with E-state index in [0.717, 1.165) is 43.4 Å². The molecule has 29 heavy (non-hydrogen) atoms. The Morgan fingerprint density at radius 1 is 1.28 bits per heavy atom. The molecule has 1 saturated heterocycles. The smallest absolute Gasteiger partial charge is 0.237 e. The van der Waals surface area contributed by atoms with Crippen LogP contribution < -0.4 is 16.0 Å². The molecule has 2 amide bonds. The molecular formula is C23H32ClN3O2. The molecule has 0 bridgehead atoms. The molecule has 2 heterocycles. The summed E-state index contributed by atoms with van der Waals surface area (Å²) >= 11 is 6.24. The monoisotopic (exact) mass is 417 g/mol. The van der Waals surface area contributed by atoms with Crippen LogP contribution in [0.1, 0.15) is 58.4 Å². The molecule has 0 radical (unpaired) electrons. The van der Waals surface area contributed by atoms with Crippen LogP contribution in [0.4, 0.5) is 5.69 Å². The Morgan fingerprint density at radius 3 is 2.59 bits per heavy atom. The van der Waals surface area contributed by atoms with Crippen LogP contribution in [0.5, 0.6) is 0 Å². The number of nitrogens with one attached hydrogen (secondary N) is 3. The van der Waals surface area contributed by atoms with Crippen molar-refractivity contribution in [2.24, 2.45) is 17.3 Å². The van der Waals surface area contributed by atoms with Gasteiger partial charge in [0.15, 0.2) is 0 Å². The van der Waals surface area contributed by atoms with Gasteiger partial charge in [-0.25, -0.2) is 0 Å². The van der Waals surface area contributed by atoms with Crippen LogP contribution >= 0.6 is 11.6 Å². The van der Waals surface area contributed by atoms with E-state index < -0.39 is 5.41 Å². The number of benzene rings is 1. The Bertz CT molecular complexity index is 828. The van der Waals surface area contributed by atoms with E-state index in [9.17, 15) is 9.59 Å². The van der Waals surface area contributed by atoms with Crippen molar-refractivity contribution < 1.29 is 9.59 Å². The van der Waals surface area contributed by atoms with Crippen LogP contribution in [0, 0.1) is 17.3 Å². The van der Waals surface area contributed by atoms with Gasteiger partial charge in [-0.05, 0) is 35.4 Å². The number of hydrogen-bond acceptors (Lipinski definition) is 3. The molecule has 3 aliphatic rings. The summed E-state index contributed by atoms with van der Waals surface area (Å²) in [5, 5.41) is 10.2. The van der Waals surface area contributed by atoms with Gasteiger partial charge in [-0.15, -0.1) is 0 Å². The van der Waals surface area contributed by atoms with E-state index in [1.807, 2.05) is 18.2 Å². The number of carbonyl (C=O) groups is 2. The number of amides is 2. The minimum absolute atomic E-state index is 0.0118. The number of rotatable bonds is 3. The van der Waals surface area contributed by atoms with Gasteiger partial charge in [-0.3, -0.25) is 9.59 Å². The molecule has 1 aromatic rings. The van der Waals surface area contributed by atoms with Gasteiger partial charge in [0.25, 0.3) is 0 Å². The molecule has 1 aromatic carbocycles. The Labute approximate surface area is 178 Å². The van der Waals surface area contributed by atoms with Crippen molar-refractivity contribution in [1.82, 2.24) is 10.6 Å². The maximum atomic E-state index is 13.8. The number of halogens is 1. The summed E-state index contributed by atoms with van der Waals surface area (Å²) in [6.07, 6.45) is 5.27. The first-order chi connectivity index (χ1) is 13.7. The first-order valence-corrected chi connectivity index (χ1v) is 11.2. The molecule has 5 nitrogen and oxygen atoms in total. The normalized spacial score (nSPS) is 31.9. The van der Waals surface area contributed by atoms with Crippen molar-refractivity contribution in [3.05, 3.63) is 28.8 Å². The van der Waals surface area contributed by atoms with Crippen LogP contribution in [0.2, 0.25) is 5.02 Å². The SMILES string of the molecule is CNC(=O)[C@@H]1N[C@H](CC(C)(C)C)[C@]2(C(=O)Nc3cc(Cl)ccc32)[C@H]1C1CCCC1. The quantitative estimate of drug-likeness (QED) is 0.699. The number of hydrogen-bond donors (Lipinski definition) is 3. The lowest BCUT2D eigenvalue weighted by molar-refractivity contribution is -0.126. The topological polar surface area (TPSA) is 70.2 Å². The first-order valence-electron chi connectivity index (χ1n) is 10.8. The average Bonchev–Trinajstić information content (AvgIpc) is 3.32. The standard InChI is InChI=1S/C23H32ClN3O2/c1-22(2,3)12-17-23(15-10-9-14(24)11-16(15)26-21(23)29)18(13-7-5-6-8-13)19(27-17)20(28)25-4/h9-11,13,17-19,27H,5-8,12H2,1-4H3,(H,25,28)(H,26,29)/t17-,18+,19-,23+/m1/s1. The van der Waals surface area contributed by atoms with Gasteiger partial charge < -0.3 is 16.0 Å². The molecule has 1 spiro atoms. The second-order valence-electron chi connectivity index (χ2n) is 10.2. The summed E-state index contributed by atoms with van der Waals surface area (Å²) < 4.78 is 0. The third kappa shape index (κ3) is 3.27. The van der Waals surface area contributed by atoms with Crippen molar-refractivity contribution >= 4 is 29.1 Å². The lowest BCUT2D eigenvalue weighted by Crippen LogP contribution is -2.52. The maximum Gasteiger partial charge on any atom is 0.237 e. The maximum absolute atomic E-state index is 13.8. The Hall–Kier alpha value is -1.59. The van der Waals surface area contributed by atoms with Crippen LogP contribution in [-0.4, -0.2) is 30.9 Å². The van der Waals surface area contributed by atoms with E-state index >= 15 is 0 Å². The van der Waals surface area contributed by atoms with E-state index in [1.54, 1.807) is 7.05 Å². The summed E-state index contributed by atoms with van der Waals surface area (Å²) in [5.74, 6) is 0.273. The van der Waals surface area contributed by atoms with Crippen molar-refractivity contribution in [1.29, 1.82) is 0 Å². The molecular weight excluding hydrogens is 386 g/mol. The predicted octanol–water partition coefficient (Wildman–Crippen LogP) is 3.86. The summed E-state index contributed by atoms with van der Waals surface area (Å²) in [7, 11) is 1.68. The highest BCUT2D eigenvalue weighted by molar-refractivity contribution is 6.31. The number of likely N-dealkylation sites (N-methyl/N-ethyl adjacent to an activating group) is 1. The second-order valence-corrected chi connectivity index (χ2v) is 10.6. The van der Waals surface area contributed by atoms with Gasteiger partial charge in [-0.2, -0.15) is 0 Å². The van der Waals surface area contributed by atoms with Crippen LogP contribution in [0.3, 0.4) is 0 Å². The largest absolute Gasteiger partial charge is 0.358 e. The fourth-order valence-electron chi connectivity index (χ4n) is 6.14. The van der Waals surface area contributed by atoms with E-state index in [4.69, 9.17) is 11.6 Å². The molecule has 4 rings (SSSR count). The molecule has 0 unspecified atom stereocenters. The van der Waals surface area contributed by atoms with E-state index in [0.29, 0.717) is 10.9 Å². The molecule has 4 atom stereocenters.